The lowest BCUT2D eigenvalue weighted by Gasteiger charge is -2.19. The number of carboxylic acids is 1. The van der Waals surface area contributed by atoms with Gasteiger partial charge in [0.25, 0.3) is 0 Å². The van der Waals surface area contributed by atoms with E-state index >= 15 is 0 Å². The molecule has 0 saturated heterocycles. The van der Waals surface area contributed by atoms with Crippen molar-refractivity contribution in [2.75, 3.05) is 11.9 Å². The Bertz CT molecular complexity index is 704. The van der Waals surface area contributed by atoms with Crippen molar-refractivity contribution in [3.8, 4) is 11.3 Å². The summed E-state index contributed by atoms with van der Waals surface area (Å²) in [6, 6.07) is 7.70. The van der Waals surface area contributed by atoms with Crippen LogP contribution in [0, 0.1) is 12.7 Å². The molecule has 0 saturated carbocycles. The highest BCUT2D eigenvalue weighted by Gasteiger charge is 2.29. The third kappa shape index (κ3) is 3.56. The number of rotatable bonds is 5. The highest BCUT2D eigenvalue weighted by Crippen LogP contribution is 2.21. The van der Waals surface area contributed by atoms with E-state index in [2.05, 4.69) is 15.5 Å². The molecule has 1 aromatic heterocycles. The summed E-state index contributed by atoms with van der Waals surface area (Å²) < 4.78 is 13.2. The van der Waals surface area contributed by atoms with Crippen molar-refractivity contribution >= 4 is 11.8 Å². The average Bonchev–Trinajstić information content (AvgIpc) is 2.45. The standard InChI is InChI=1S/C15H16FN3O3/c1-9-6-12(10-4-3-5-11(16)7-10)18-19-13(9)17-8-15(2,22)14(20)21/h3-7,22H,8H2,1-2H3,(H,17,19)(H,20,21). The highest BCUT2D eigenvalue weighted by molar-refractivity contribution is 5.77. The Hall–Kier alpha value is -2.54. The van der Waals surface area contributed by atoms with Crippen LogP contribution in [0.3, 0.4) is 0 Å². The lowest BCUT2D eigenvalue weighted by atomic mass is 10.1. The van der Waals surface area contributed by atoms with Gasteiger partial charge in [-0.15, -0.1) is 10.2 Å². The van der Waals surface area contributed by atoms with Crippen LogP contribution in [0.15, 0.2) is 30.3 Å². The number of hydrogen-bond donors (Lipinski definition) is 3. The molecule has 1 atom stereocenters. The van der Waals surface area contributed by atoms with E-state index < -0.39 is 11.6 Å². The van der Waals surface area contributed by atoms with Crippen LogP contribution in [0.25, 0.3) is 11.3 Å². The molecule has 116 valence electrons. The van der Waals surface area contributed by atoms with Crippen LogP contribution >= 0.6 is 0 Å². The largest absolute Gasteiger partial charge is 0.479 e. The van der Waals surface area contributed by atoms with E-state index in [-0.39, 0.29) is 12.4 Å². The van der Waals surface area contributed by atoms with Crippen LogP contribution in [0.1, 0.15) is 12.5 Å². The van der Waals surface area contributed by atoms with Crippen LogP contribution in [-0.2, 0) is 4.79 Å². The van der Waals surface area contributed by atoms with Crippen LogP contribution < -0.4 is 5.32 Å². The number of aliphatic hydroxyl groups is 1. The van der Waals surface area contributed by atoms with Gasteiger partial charge in [-0.2, -0.15) is 0 Å². The number of aryl methyl sites for hydroxylation is 1. The summed E-state index contributed by atoms with van der Waals surface area (Å²) in [6.45, 7) is 2.73. The second-order valence-electron chi connectivity index (χ2n) is 5.20. The third-order valence-electron chi connectivity index (χ3n) is 3.17. The summed E-state index contributed by atoms with van der Waals surface area (Å²) in [5, 5.41) is 29.2. The van der Waals surface area contributed by atoms with Crippen molar-refractivity contribution in [2.45, 2.75) is 19.4 Å². The molecule has 3 N–H and O–H groups in total. The van der Waals surface area contributed by atoms with Gasteiger partial charge in [-0.25, -0.2) is 9.18 Å². The number of aliphatic carboxylic acids is 1. The first kappa shape index (κ1) is 15.8. The number of nitrogens with zero attached hydrogens (tertiary/aromatic N) is 2. The summed E-state index contributed by atoms with van der Waals surface area (Å²) in [6.07, 6.45) is 0. The van der Waals surface area contributed by atoms with E-state index in [4.69, 9.17) is 5.11 Å². The van der Waals surface area contributed by atoms with Crippen molar-refractivity contribution < 1.29 is 19.4 Å². The molecule has 0 aliphatic rings. The number of anilines is 1. The molecule has 2 aromatic rings. The minimum atomic E-state index is -1.91. The quantitative estimate of drug-likeness (QED) is 0.780. The maximum Gasteiger partial charge on any atom is 0.337 e. The van der Waals surface area contributed by atoms with Gasteiger partial charge in [0.15, 0.2) is 11.4 Å². The van der Waals surface area contributed by atoms with Gasteiger partial charge in [0.1, 0.15) is 5.82 Å². The maximum absolute atomic E-state index is 13.2. The Morgan fingerprint density at radius 3 is 2.68 bits per heavy atom. The molecule has 0 bridgehead atoms. The second kappa shape index (κ2) is 6.07. The fraction of sp³-hybridized carbons (Fsp3) is 0.267. The van der Waals surface area contributed by atoms with Crippen molar-refractivity contribution in [1.82, 2.24) is 10.2 Å². The number of carboxylic acid groups (broad SMARTS) is 1. The highest BCUT2D eigenvalue weighted by atomic mass is 19.1. The molecule has 22 heavy (non-hydrogen) atoms. The van der Waals surface area contributed by atoms with E-state index in [1.807, 2.05) is 0 Å². The smallest absolute Gasteiger partial charge is 0.337 e. The Balaban J connectivity index is 2.18. The first-order chi connectivity index (χ1) is 10.3. The number of hydrogen-bond acceptors (Lipinski definition) is 5. The first-order valence-corrected chi connectivity index (χ1v) is 6.59. The monoisotopic (exact) mass is 305 g/mol. The molecule has 6 nitrogen and oxygen atoms in total. The maximum atomic E-state index is 13.2. The van der Waals surface area contributed by atoms with Gasteiger partial charge in [-0.1, -0.05) is 12.1 Å². The van der Waals surface area contributed by atoms with Gasteiger partial charge in [0, 0.05) is 5.56 Å². The van der Waals surface area contributed by atoms with Crippen molar-refractivity contribution in [2.24, 2.45) is 0 Å². The van der Waals surface area contributed by atoms with E-state index in [0.717, 1.165) is 0 Å². The molecule has 2 rings (SSSR count). The van der Waals surface area contributed by atoms with Crippen molar-refractivity contribution in [3.63, 3.8) is 0 Å². The van der Waals surface area contributed by atoms with Gasteiger partial charge < -0.3 is 15.5 Å². The van der Waals surface area contributed by atoms with Crippen LogP contribution in [-0.4, -0.2) is 38.5 Å². The molecule has 0 amide bonds. The average molecular weight is 305 g/mol. The molecule has 1 heterocycles. The van der Waals surface area contributed by atoms with Crippen LogP contribution in [0.2, 0.25) is 0 Å². The Kier molecular flexibility index (Phi) is 4.37. The molecule has 1 aromatic carbocycles. The summed E-state index contributed by atoms with van der Waals surface area (Å²) in [4.78, 5) is 10.8. The molecular formula is C15H16FN3O3. The molecule has 0 radical (unpaired) electrons. The van der Waals surface area contributed by atoms with E-state index in [0.29, 0.717) is 22.6 Å². The van der Waals surface area contributed by atoms with Gasteiger partial charge in [-0.05, 0) is 37.6 Å². The van der Waals surface area contributed by atoms with Crippen molar-refractivity contribution in [3.05, 3.63) is 41.7 Å². The Morgan fingerprint density at radius 2 is 2.09 bits per heavy atom. The van der Waals surface area contributed by atoms with Crippen LogP contribution in [0.5, 0.6) is 0 Å². The van der Waals surface area contributed by atoms with E-state index in [9.17, 15) is 14.3 Å². The number of benzene rings is 1. The van der Waals surface area contributed by atoms with Crippen molar-refractivity contribution in [1.29, 1.82) is 0 Å². The van der Waals surface area contributed by atoms with E-state index in [1.54, 1.807) is 25.1 Å². The zero-order chi connectivity index (χ0) is 16.3. The summed E-state index contributed by atoms with van der Waals surface area (Å²) in [5.41, 5.74) is -0.0994. The summed E-state index contributed by atoms with van der Waals surface area (Å²) >= 11 is 0. The number of nitrogens with one attached hydrogen (secondary N) is 1. The molecule has 0 fully saturated rings. The fourth-order valence-electron chi connectivity index (χ4n) is 1.78. The van der Waals surface area contributed by atoms with Crippen LogP contribution in [0.4, 0.5) is 10.2 Å². The molecule has 0 aliphatic carbocycles. The normalized spacial score (nSPS) is 13.5. The fourth-order valence-corrected chi connectivity index (χ4v) is 1.78. The van der Waals surface area contributed by atoms with Gasteiger partial charge >= 0.3 is 5.97 Å². The van der Waals surface area contributed by atoms with Gasteiger partial charge in [-0.3, -0.25) is 0 Å². The Morgan fingerprint density at radius 1 is 1.36 bits per heavy atom. The SMILES string of the molecule is Cc1cc(-c2cccc(F)c2)nnc1NCC(C)(O)C(=O)O. The number of carbonyl (C=O) groups is 1. The lowest BCUT2D eigenvalue weighted by molar-refractivity contribution is -0.155. The zero-order valence-corrected chi connectivity index (χ0v) is 12.2. The molecule has 7 heteroatoms. The summed E-state index contributed by atoms with van der Waals surface area (Å²) in [7, 11) is 0. The topological polar surface area (TPSA) is 95.3 Å². The zero-order valence-electron chi connectivity index (χ0n) is 12.2. The number of halogens is 1. The Labute approximate surface area is 126 Å². The predicted molar refractivity (Wildman–Crippen MR) is 78.9 cm³/mol. The number of aromatic nitrogens is 2. The molecule has 0 spiro atoms. The second-order valence-corrected chi connectivity index (χ2v) is 5.20. The minimum Gasteiger partial charge on any atom is -0.479 e. The van der Waals surface area contributed by atoms with Gasteiger partial charge in [0.05, 0.1) is 12.2 Å². The minimum absolute atomic E-state index is 0.211. The van der Waals surface area contributed by atoms with E-state index in [1.165, 1.54) is 19.1 Å². The third-order valence-corrected chi connectivity index (χ3v) is 3.17. The van der Waals surface area contributed by atoms with Gasteiger partial charge in [0.2, 0.25) is 0 Å². The summed E-state index contributed by atoms with van der Waals surface area (Å²) in [5.74, 6) is -1.33. The molecule has 0 aliphatic heterocycles. The predicted octanol–water partition coefficient (Wildman–Crippen LogP) is 1.84. The molecule has 1 unspecified atom stereocenters. The first-order valence-electron chi connectivity index (χ1n) is 6.59. The lowest BCUT2D eigenvalue weighted by Crippen LogP contribution is -2.42. The molecular weight excluding hydrogens is 289 g/mol.